The number of thioether (sulfide) groups is 1. The summed E-state index contributed by atoms with van der Waals surface area (Å²) < 4.78 is 1.56. The Morgan fingerprint density at radius 3 is 2.50 bits per heavy atom. The number of amides is 3. The largest absolute Gasteiger partial charge is 0.333 e. The number of aromatic nitrogens is 2. The first-order valence-corrected chi connectivity index (χ1v) is 10.1. The summed E-state index contributed by atoms with van der Waals surface area (Å²) in [6, 6.07) is -0.538. The molecule has 0 spiro atoms. The number of imide groups is 1. The van der Waals surface area contributed by atoms with Gasteiger partial charge < -0.3 is 5.32 Å². The Labute approximate surface area is 160 Å². The Bertz CT molecular complexity index is 909. The summed E-state index contributed by atoms with van der Waals surface area (Å²) >= 11 is 2.63. The van der Waals surface area contributed by atoms with Crippen molar-refractivity contribution in [3.8, 4) is 0 Å². The van der Waals surface area contributed by atoms with Gasteiger partial charge in [0, 0.05) is 17.0 Å². The number of nitrogens with zero attached hydrogens (tertiary/aromatic N) is 2. The molecule has 0 saturated carbocycles. The number of carbonyl (C=O) groups excluding carboxylic acids is 2. The molecule has 0 aromatic carbocycles. The van der Waals surface area contributed by atoms with Crippen LogP contribution in [0, 0.1) is 13.8 Å². The number of carbonyl (C=O) groups is 2. The molecule has 0 aliphatic heterocycles. The number of urea groups is 1. The summed E-state index contributed by atoms with van der Waals surface area (Å²) in [6.45, 7) is 11.7. The van der Waals surface area contributed by atoms with Crippen molar-refractivity contribution in [3.05, 3.63) is 20.8 Å². The number of hydrogen-bond donors (Lipinski definition) is 2. The third kappa shape index (κ3) is 4.64. The second-order valence-corrected chi connectivity index (χ2v) is 9.09. The minimum atomic E-state index is -0.538. The van der Waals surface area contributed by atoms with E-state index in [0.29, 0.717) is 21.9 Å². The van der Waals surface area contributed by atoms with Crippen molar-refractivity contribution in [2.45, 2.75) is 58.8 Å². The number of nitrogens with one attached hydrogen (secondary N) is 2. The molecular weight excluding hydrogens is 372 g/mol. The van der Waals surface area contributed by atoms with Crippen LogP contribution in [0.4, 0.5) is 4.79 Å². The zero-order valence-corrected chi connectivity index (χ0v) is 17.5. The van der Waals surface area contributed by atoms with Gasteiger partial charge in [-0.05, 0) is 47.1 Å². The Kier molecular flexibility index (Phi) is 6.13. The Balaban J connectivity index is 2.17. The maximum atomic E-state index is 12.7. The van der Waals surface area contributed by atoms with E-state index in [1.807, 2.05) is 41.5 Å². The van der Waals surface area contributed by atoms with E-state index in [0.717, 1.165) is 22.2 Å². The molecule has 0 saturated heterocycles. The van der Waals surface area contributed by atoms with Crippen molar-refractivity contribution in [3.63, 3.8) is 0 Å². The molecule has 2 aromatic rings. The summed E-state index contributed by atoms with van der Waals surface area (Å²) in [5, 5.41) is 6.08. The van der Waals surface area contributed by atoms with Crippen LogP contribution in [0.2, 0.25) is 0 Å². The molecule has 0 radical (unpaired) electrons. The Hall–Kier alpha value is -1.87. The van der Waals surface area contributed by atoms with Crippen molar-refractivity contribution in [1.29, 1.82) is 0 Å². The second kappa shape index (κ2) is 7.79. The first-order valence-electron chi connectivity index (χ1n) is 8.28. The SMILES string of the molecule is CCn1c(SCC(=O)NC(=O)NC(C)(C)C)nc2sc(C)c(C)c2c1=O. The molecule has 26 heavy (non-hydrogen) atoms. The van der Waals surface area contributed by atoms with E-state index in [4.69, 9.17) is 0 Å². The highest BCUT2D eigenvalue weighted by Gasteiger charge is 2.18. The van der Waals surface area contributed by atoms with Crippen LogP contribution in [0.15, 0.2) is 9.95 Å². The number of rotatable bonds is 4. The number of aryl methyl sites for hydroxylation is 2. The van der Waals surface area contributed by atoms with Gasteiger partial charge in [-0.2, -0.15) is 0 Å². The maximum absolute atomic E-state index is 12.7. The van der Waals surface area contributed by atoms with Crippen LogP contribution in [0.5, 0.6) is 0 Å². The monoisotopic (exact) mass is 396 g/mol. The molecule has 9 heteroatoms. The smallest absolute Gasteiger partial charge is 0.321 e. The maximum Gasteiger partial charge on any atom is 0.321 e. The van der Waals surface area contributed by atoms with Crippen molar-refractivity contribution < 1.29 is 9.59 Å². The van der Waals surface area contributed by atoms with Gasteiger partial charge in [-0.25, -0.2) is 9.78 Å². The van der Waals surface area contributed by atoms with E-state index >= 15 is 0 Å². The molecule has 7 nitrogen and oxygen atoms in total. The molecule has 142 valence electrons. The van der Waals surface area contributed by atoms with E-state index in [1.165, 1.54) is 11.3 Å². The molecule has 2 rings (SSSR count). The second-order valence-electron chi connectivity index (χ2n) is 6.95. The van der Waals surface area contributed by atoms with Crippen LogP contribution in [-0.2, 0) is 11.3 Å². The highest BCUT2D eigenvalue weighted by molar-refractivity contribution is 7.99. The first kappa shape index (κ1) is 20.4. The summed E-state index contributed by atoms with van der Waals surface area (Å²) in [7, 11) is 0. The predicted molar refractivity (Wildman–Crippen MR) is 106 cm³/mol. The normalized spacial score (nSPS) is 11.6. The fourth-order valence-corrected chi connectivity index (χ4v) is 4.30. The molecule has 2 heterocycles. The van der Waals surface area contributed by atoms with E-state index < -0.39 is 17.5 Å². The summed E-state index contributed by atoms with van der Waals surface area (Å²) in [6.07, 6.45) is 0. The minimum Gasteiger partial charge on any atom is -0.333 e. The minimum absolute atomic E-state index is 0.00114. The molecule has 0 fully saturated rings. The van der Waals surface area contributed by atoms with Gasteiger partial charge in [0.05, 0.1) is 11.1 Å². The molecule has 0 aliphatic rings. The first-order chi connectivity index (χ1) is 12.0. The van der Waals surface area contributed by atoms with Gasteiger partial charge in [0.15, 0.2) is 5.16 Å². The van der Waals surface area contributed by atoms with E-state index in [-0.39, 0.29) is 11.3 Å². The molecular formula is C17H24N4O3S2. The molecule has 0 aliphatic carbocycles. The zero-order valence-electron chi connectivity index (χ0n) is 15.8. The molecule has 0 bridgehead atoms. The molecule has 2 aromatic heterocycles. The van der Waals surface area contributed by atoms with Gasteiger partial charge in [-0.3, -0.25) is 19.5 Å². The van der Waals surface area contributed by atoms with E-state index in [9.17, 15) is 14.4 Å². The van der Waals surface area contributed by atoms with Crippen LogP contribution in [0.25, 0.3) is 10.2 Å². The van der Waals surface area contributed by atoms with Crippen molar-refractivity contribution in [2.24, 2.45) is 0 Å². The number of fused-ring (bicyclic) bond motifs is 1. The molecule has 2 N–H and O–H groups in total. The Morgan fingerprint density at radius 2 is 1.92 bits per heavy atom. The van der Waals surface area contributed by atoms with Crippen LogP contribution in [0.3, 0.4) is 0 Å². The average Bonchev–Trinajstić information content (AvgIpc) is 2.78. The van der Waals surface area contributed by atoms with Gasteiger partial charge >= 0.3 is 6.03 Å². The van der Waals surface area contributed by atoms with Crippen molar-refractivity contribution in [2.75, 3.05) is 5.75 Å². The third-order valence-corrected chi connectivity index (χ3v) is 5.72. The van der Waals surface area contributed by atoms with Crippen LogP contribution < -0.4 is 16.2 Å². The van der Waals surface area contributed by atoms with E-state index in [1.54, 1.807) is 4.57 Å². The lowest BCUT2D eigenvalue weighted by molar-refractivity contribution is -0.117. The van der Waals surface area contributed by atoms with Crippen LogP contribution in [0.1, 0.15) is 38.1 Å². The Morgan fingerprint density at radius 1 is 1.27 bits per heavy atom. The standard InChI is InChI=1S/C17H24N4O3S2/c1-7-21-14(23)12-9(2)10(3)26-13(12)19-16(21)25-8-11(22)18-15(24)20-17(4,5)6/h7-8H2,1-6H3,(H2,18,20,22,24). The highest BCUT2D eigenvalue weighted by atomic mass is 32.2. The summed E-state index contributed by atoms with van der Waals surface area (Å²) in [5.41, 5.74) is 0.437. The summed E-state index contributed by atoms with van der Waals surface area (Å²) in [5.74, 6) is -0.439. The lowest BCUT2D eigenvalue weighted by Crippen LogP contribution is -2.48. The highest BCUT2D eigenvalue weighted by Crippen LogP contribution is 2.28. The van der Waals surface area contributed by atoms with Gasteiger partial charge in [-0.1, -0.05) is 11.8 Å². The van der Waals surface area contributed by atoms with Gasteiger partial charge in [-0.15, -0.1) is 11.3 Å². The lowest BCUT2D eigenvalue weighted by Gasteiger charge is -2.20. The van der Waals surface area contributed by atoms with Crippen LogP contribution in [-0.4, -0.2) is 32.8 Å². The fraction of sp³-hybridized carbons (Fsp3) is 0.529. The van der Waals surface area contributed by atoms with Gasteiger partial charge in [0.2, 0.25) is 5.91 Å². The number of hydrogen-bond acceptors (Lipinski definition) is 6. The molecule has 3 amide bonds. The topological polar surface area (TPSA) is 93.1 Å². The quantitative estimate of drug-likeness (QED) is 0.612. The van der Waals surface area contributed by atoms with Crippen molar-refractivity contribution >= 4 is 45.3 Å². The molecule has 0 atom stereocenters. The summed E-state index contributed by atoms with van der Waals surface area (Å²) in [4.78, 5) is 42.8. The average molecular weight is 397 g/mol. The lowest BCUT2D eigenvalue weighted by atomic mass is 10.1. The number of thiophene rings is 1. The molecule has 0 unspecified atom stereocenters. The predicted octanol–water partition coefficient (Wildman–Crippen LogP) is 2.81. The van der Waals surface area contributed by atoms with Gasteiger partial charge in [0.25, 0.3) is 5.56 Å². The van der Waals surface area contributed by atoms with Crippen molar-refractivity contribution in [1.82, 2.24) is 20.2 Å². The van der Waals surface area contributed by atoms with Gasteiger partial charge in [0.1, 0.15) is 4.83 Å². The third-order valence-electron chi connectivity index (χ3n) is 3.64. The fourth-order valence-electron chi connectivity index (χ4n) is 2.36. The van der Waals surface area contributed by atoms with Crippen LogP contribution >= 0.6 is 23.1 Å². The van der Waals surface area contributed by atoms with E-state index in [2.05, 4.69) is 15.6 Å². The zero-order chi connectivity index (χ0) is 19.6.